The molecule has 25 heavy (non-hydrogen) atoms. The molecule has 0 saturated carbocycles. The summed E-state index contributed by atoms with van der Waals surface area (Å²) < 4.78 is 11.3. The van der Waals surface area contributed by atoms with Crippen molar-refractivity contribution in [1.82, 2.24) is 10.2 Å². The van der Waals surface area contributed by atoms with Crippen LogP contribution in [0.5, 0.6) is 0 Å². The SMILES string of the molecule is O=C1CO[C@@H]2CN(C(=O)C3CCOCC3)CC[C@@]2(c2ccccc2)N1. The van der Waals surface area contributed by atoms with Gasteiger partial charge in [0.2, 0.25) is 11.8 Å². The zero-order valence-corrected chi connectivity index (χ0v) is 14.3. The van der Waals surface area contributed by atoms with Gasteiger partial charge in [0.05, 0.1) is 5.54 Å². The van der Waals surface area contributed by atoms with Crippen LogP contribution >= 0.6 is 0 Å². The number of nitrogens with one attached hydrogen (secondary N) is 1. The molecule has 3 saturated heterocycles. The van der Waals surface area contributed by atoms with Gasteiger partial charge in [-0.3, -0.25) is 9.59 Å². The molecule has 4 rings (SSSR count). The van der Waals surface area contributed by atoms with Gasteiger partial charge in [0.25, 0.3) is 0 Å². The molecule has 0 bridgehead atoms. The maximum absolute atomic E-state index is 12.9. The molecule has 0 radical (unpaired) electrons. The summed E-state index contributed by atoms with van der Waals surface area (Å²) in [6, 6.07) is 9.96. The van der Waals surface area contributed by atoms with E-state index in [0.29, 0.717) is 32.7 Å². The molecule has 1 aromatic carbocycles. The second kappa shape index (κ2) is 6.77. The van der Waals surface area contributed by atoms with Crippen molar-refractivity contribution in [2.75, 3.05) is 32.9 Å². The van der Waals surface area contributed by atoms with Gasteiger partial charge in [0.15, 0.2) is 0 Å². The van der Waals surface area contributed by atoms with Crippen LogP contribution in [0.4, 0.5) is 0 Å². The van der Waals surface area contributed by atoms with Gasteiger partial charge >= 0.3 is 0 Å². The monoisotopic (exact) mass is 344 g/mol. The highest BCUT2D eigenvalue weighted by molar-refractivity contribution is 5.81. The number of carbonyl (C=O) groups excluding carboxylic acids is 2. The molecule has 0 aliphatic carbocycles. The summed E-state index contributed by atoms with van der Waals surface area (Å²) in [6.45, 7) is 2.53. The summed E-state index contributed by atoms with van der Waals surface area (Å²) >= 11 is 0. The van der Waals surface area contributed by atoms with Gasteiger partial charge in [-0.1, -0.05) is 30.3 Å². The van der Waals surface area contributed by atoms with E-state index in [4.69, 9.17) is 9.47 Å². The molecule has 3 aliphatic heterocycles. The van der Waals surface area contributed by atoms with Crippen LogP contribution in [0.1, 0.15) is 24.8 Å². The minimum Gasteiger partial charge on any atom is -0.381 e. The molecule has 1 aromatic rings. The minimum atomic E-state index is -0.539. The summed E-state index contributed by atoms with van der Waals surface area (Å²) in [5, 5.41) is 3.17. The van der Waals surface area contributed by atoms with Crippen LogP contribution in [0.3, 0.4) is 0 Å². The van der Waals surface area contributed by atoms with E-state index in [-0.39, 0.29) is 30.4 Å². The molecule has 6 heteroatoms. The lowest BCUT2D eigenvalue weighted by molar-refractivity contribution is -0.160. The predicted octanol–water partition coefficient (Wildman–Crippen LogP) is 1.06. The molecular weight excluding hydrogens is 320 g/mol. The first-order chi connectivity index (χ1) is 12.2. The lowest BCUT2D eigenvalue weighted by Crippen LogP contribution is -2.67. The highest BCUT2D eigenvalue weighted by atomic mass is 16.5. The highest BCUT2D eigenvalue weighted by Gasteiger charge is 2.50. The molecular formula is C19H24N2O4. The zero-order chi connectivity index (χ0) is 17.3. The molecule has 1 N–H and O–H groups in total. The van der Waals surface area contributed by atoms with Crippen molar-refractivity contribution in [3.8, 4) is 0 Å². The Bertz CT molecular complexity index is 644. The fourth-order valence-electron chi connectivity index (χ4n) is 4.26. The van der Waals surface area contributed by atoms with Gasteiger partial charge in [-0.25, -0.2) is 0 Å². The van der Waals surface area contributed by atoms with E-state index < -0.39 is 5.54 Å². The number of rotatable bonds is 2. The van der Waals surface area contributed by atoms with E-state index >= 15 is 0 Å². The number of morpholine rings is 1. The van der Waals surface area contributed by atoms with E-state index in [1.165, 1.54) is 0 Å². The second-order valence-electron chi connectivity index (χ2n) is 7.11. The van der Waals surface area contributed by atoms with Crippen LogP contribution in [-0.4, -0.2) is 55.7 Å². The molecule has 0 unspecified atom stereocenters. The number of amides is 2. The summed E-state index contributed by atoms with van der Waals surface area (Å²) in [6.07, 6.45) is 2.04. The summed E-state index contributed by atoms with van der Waals surface area (Å²) in [5.74, 6) is 0.158. The number of fused-ring (bicyclic) bond motifs is 1. The van der Waals surface area contributed by atoms with E-state index in [2.05, 4.69) is 5.32 Å². The smallest absolute Gasteiger partial charge is 0.246 e. The van der Waals surface area contributed by atoms with E-state index in [0.717, 1.165) is 18.4 Å². The van der Waals surface area contributed by atoms with Crippen molar-refractivity contribution in [1.29, 1.82) is 0 Å². The van der Waals surface area contributed by atoms with Gasteiger partial charge < -0.3 is 19.7 Å². The Hall–Kier alpha value is -1.92. The normalized spacial score (nSPS) is 30.5. The van der Waals surface area contributed by atoms with Crippen molar-refractivity contribution >= 4 is 11.8 Å². The first-order valence-corrected chi connectivity index (χ1v) is 9.04. The van der Waals surface area contributed by atoms with Crippen LogP contribution in [0.25, 0.3) is 0 Å². The van der Waals surface area contributed by atoms with E-state index in [1.807, 2.05) is 35.2 Å². The molecule has 3 fully saturated rings. The van der Waals surface area contributed by atoms with Gasteiger partial charge in [0, 0.05) is 32.2 Å². The Morgan fingerprint density at radius 1 is 1.20 bits per heavy atom. The Kier molecular flexibility index (Phi) is 4.48. The fraction of sp³-hybridized carbons (Fsp3) is 0.579. The average Bonchev–Trinajstić information content (AvgIpc) is 2.68. The van der Waals surface area contributed by atoms with Gasteiger partial charge in [0.1, 0.15) is 12.7 Å². The van der Waals surface area contributed by atoms with Crippen molar-refractivity contribution < 1.29 is 19.1 Å². The van der Waals surface area contributed by atoms with Crippen LogP contribution in [0, 0.1) is 5.92 Å². The maximum atomic E-state index is 12.9. The number of carbonyl (C=O) groups is 2. The van der Waals surface area contributed by atoms with Crippen molar-refractivity contribution in [2.24, 2.45) is 5.92 Å². The first kappa shape index (κ1) is 16.5. The predicted molar refractivity (Wildman–Crippen MR) is 90.7 cm³/mol. The minimum absolute atomic E-state index is 0.0520. The van der Waals surface area contributed by atoms with Gasteiger partial charge in [-0.2, -0.15) is 0 Å². The summed E-state index contributed by atoms with van der Waals surface area (Å²) in [7, 11) is 0. The molecule has 3 aliphatic rings. The first-order valence-electron chi connectivity index (χ1n) is 9.04. The van der Waals surface area contributed by atoms with E-state index in [1.54, 1.807) is 0 Å². The molecule has 6 nitrogen and oxygen atoms in total. The summed E-state index contributed by atoms with van der Waals surface area (Å²) in [5.41, 5.74) is 0.509. The van der Waals surface area contributed by atoms with Crippen molar-refractivity contribution in [2.45, 2.75) is 30.9 Å². The topological polar surface area (TPSA) is 67.9 Å². The highest BCUT2D eigenvalue weighted by Crippen LogP contribution is 2.37. The maximum Gasteiger partial charge on any atom is 0.246 e. The Balaban J connectivity index is 1.55. The van der Waals surface area contributed by atoms with Crippen molar-refractivity contribution in [3.63, 3.8) is 0 Å². The second-order valence-corrected chi connectivity index (χ2v) is 7.11. The zero-order valence-electron chi connectivity index (χ0n) is 14.3. The molecule has 0 aromatic heterocycles. The standard InChI is InChI=1S/C19H24N2O4/c22-17-13-25-16-12-21(18(23)14-6-10-24-11-7-14)9-8-19(16,20-17)15-4-2-1-3-5-15/h1-5,14,16H,6-13H2,(H,20,22)/t16-,19+/m1/s1. The van der Waals surface area contributed by atoms with E-state index in [9.17, 15) is 9.59 Å². The third-order valence-corrected chi connectivity index (χ3v) is 5.66. The Morgan fingerprint density at radius 2 is 1.96 bits per heavy atom. The summed E-state index contributed by atoms with van der Waals surface area (Å²) in [4.78, 5) is 26.8. The fourth-order valence-corrected chi connectivity index (χ4v) is 4.26. The third kappa shape index (κ3) is 3.04. The van der Waals surface area contributed by atoms with Crippen LogP contribution in [-0.2, 0) is 24.6 Å². The number of piperidine rings is 1. The Morgan fingerprint density at radius 3 is 2.72 bits per heavy atom. The third-order valence-electron chi connectivity index (χ3n) is 5.66. The van der Waals surface area contributed by atoms with Crippen molar-refractivity contribution in [3.05, 3.63) is 35.9 Å². The molecule has 0 spiro atoms. The number of ether oxygens (including phenoxy) is 2. The molecule has 3 heterocycles. The Labute approximate surface area is 147 Å². The molecule has 2 amide bonds. The molecule has 134 valence electrons. The number of nitrogens with zero attached hydrogens (tertiary/aromatic N) is 1. The largest absolute Gasteiger partial charge is 0.381 e. The lowest BCUT2D eigenvalue weighted by Gasteiger charge is -2.50. The van der Waals surface area contributed by atoms with Crippen LogP contribution in [0.2, 0.25) is 0 Å². The average molecular weight is 344 g/mol. The number of likely N-dealkylation sites (tertiary alicyclic amines) is 1. The number of hydrogen-bond acceptors (Lipinski definition) is 4. The number of benzene rings is 1. The lowest BCUT2D eigenvalue weighted by atomic mass is 9.77. The van der Waals surface area contributed by atoms with Crippen LogP contribution in [0.15, 0.2) is 30.3 Å². The number of hydrogen-bond donors (Lipinski definition) is 1. The van der Waals surface area contributed by atoms with Gasteiger partial charge in [-0.15, -0.1) is 0 Å². The van der Waals surface area contributed by atoms with Gasteiger partial charge in [-0.05, 0) is 24.8 Å². The molecule has 2 atom stereocenters. The van der Waals surface area contributed by atoms with Crippen LogP contribution < -0.4 is 5.32 Å². The quantitative estimate of drug-likeness (QED) is 0.871.